The Kier molecular flexibility index (Phi) is 6.13. The van der Waals surface area contributed by atoms with Crippen LogP contribution in [-0.4, -0.2) is 36.6 Å². The van der Waals surface area contributed by atoms with E-state index in [1.807, 2.05) is 6.26 Å². The molecule has 0 aliphatic rings. The van der Waals surface area contributed by atoms with E-state index in [2.05, 4.69) is 0 Å². The second-order valence-electron chi connectivity index (χ2n) is 4.87. The van der Waals surface area contributed by atoms with Gasteiger partial charge in [-0.3, -0.25) is 14.9 Å². The predicted octanol–water partition coefficient (Wildman–Crippen LogP) is 3.37. The van der Waals surface area contributed by atoms with Crippen LogP contribution in [0.1, 0.15) is 20.7 Å². The van der Waals surface area contributed by atoms with E-state index in [1.165, 1.54) is 19.2 Å². The van der Waals surface area contributed by atoms with Crippen molar-refractivity contribution >= 4 is 29.2 Å². The van der Waals surface area contributed by atoms with Crippen LogP contribution >= 0.6 is 11.8 Å². The Hall–Kier alpha value is -2.87. The zero-order valence-corrected chi connectivity index (χ0v) is 14.4. The second kappa shape index (κ2) is 8.29. The zero-order chi connectivity index (χ0) is 18.4. The first-order valence-corrected chi connectivity index (χ1v) is 8.35. The molecule has 25 heavy (non-hydrogen) atoms. The quantitative estimate of drug-likeness (QED) is 0.245. The lowest BCUT2D eigenvalue weighted by Gasteiger charge is -2.08. The van der Waals surface area contributed by atoms with Gasteiger partial charge in [-0.25, -0.2) is 4.79 Å². The number of ether oxygens (including phenoxy) is 2. The van der Waals surface area contributed by atoms with Crippen molar-refractivity contribution in [2.75, 3.05) is 20.0 Å². The van der Waals surface area contributed by atoms with Gasteiger partial charge in [0, 0.05) is 22.6 Å². The summed E-state index contributed by atoms with van der Waals surface area (Å²) in [5.41, 5.74) is 0.0329. The minimum absolute atomic E-state index is 0.109. The number of nitro groups is 1. The Labute approximate surface area is 148 Å². The standard InChI is InChI=1S/C17H15NO6S/c1-23-16-8-5-12(18(21)22)9-14(16)17(20)24-10-15(19)11-3-6-13(25-2)7-4-11/h3-9H,10H2,1-2H3. The van der Waals surface area contributed by atoms with Gasteiger partial charge in [-0.15, -0.1) is 11.8 Å². The molecule has 0 atom stereocenters. The summed E-state index contributed by atoms with van der Waals surface area (Å²) in [6.45, 7) is -0.469. The van der Waals surface area contributed by atoms with Crippen LogP contribution in [0.2, 0.25) is 0 Å². The first kappa shape index (κ1) is 18.5. The normalized spacial score (nSPS) is 10.2. The maximum atomic E-state index is 12.2. The Balaban J connectivity index is 2.09. The molecule has 0 aromatic heterocycles. The fourth-order valence-electron chi connectivity index (χ4n) is 2.04. The van der Waals surface area contributed by atoms with Crippen molar-refractivity contribution in [2.45, 2.75) is 4.90 Å². The van der Waals surface area contributed by atoms with Crippen molar-refractivity contribution < 1.29 is 24.0 Å². The van der Waals surface area contributed by atoms with E-state index in [-0.39, 0.29) is 22.8 Å². The van der Waals surface area contributed by atoms with Gasteiger partial charge in [0.2, 0.25) is 0 Å². The lowest BCUT2D eigenvalue weighted by Crippen LogP contribution is -2.15. The molecule has 2 rings (SSSR count). The van der Waals surface area contributed by atoms with Gasteiger partial charge in [-0.05, 0) is 24.5 Å². The minimum atomic E-state index is -0.866. The maximum absolute atomic E-state index is 12.2. The van der Waals surface area contributed by atoms with Crippen molar-refractivity contribution in [3.05, 3.63) is 63.7 Å². The Morgan fingerprint density at radius 3 is 2.40 bits per heavy atom. The van der Waals surface area contributed by atoms with Crippen LogP contribution < -0.4 is 4.74 Å². The Morgan fingerprint density at radius 2 is 1.84 bits per heavy atom. The molecule has 130 valence electrons. The van der Waals surface area contributed by atoms with Crippen LogP contribution in [0.3, 0.4) is 0 Å². The summed E-state index contributed by atoms with van der Waals surface area (Å²) in [7, 11) is 1.33. The molecule has 0 amide bonds. The predicted molar refractivity (Wildman–Crippen MR) is 92.5 cm³/mol. The first-order valence-electron chi connectivity index (χ1n) is 7.13. The highest BCUT2D eigenvalue weighted by molar-refractivity contribution is 7.98. The molecule has 0 heterocycles. The van der Waals surface area contributed by atoms with Gasteiger partial charge in [-0.2, -0.15) is 0 Å². The molecule has 0 aliphatic carbocycles. The van der Waals surface area contributed by atoms with Gasteiger partial charge in [0.15, 0.2) is 12.4 Å². The molecule has 2 aromatic carbocycles. The van der Waals surface area contributed by atoms with E-state index in [0.717, 1.165) is 11.0 Å². The van der Waals surface area contributed by atoms with Crippen LogP contribution in [-0.2, 0) is 4.74 Å². The highest BCUT2D eigenvalue weighted by atomic mass is 32.2. The molecule has 0 N–H and O–H groups in total. The van der Waals surface area contributed by atoms with Crippen LogP contribution in [0.5, 0.6) is 5.75 Å². The summed E-state index contributed by atoms with van der Waals surface area (Å²) in [5, 5.41) is 10.8. The van der Waals surface area contributed by atoms with E-state index < -0.39 is 17.5 Å². The number of carbonyl (C=O) groups is 2. The number of nitrogens with zero attached hydrogens (tertiary/aromatic N) is 1. The van der Waals surface area contributed by atoms with Crippen molar-refractivity contribution in [3.63, 3.8) is 0 Å². The van der Waals surface area contributed by atoms with E-state index in [4.69, 9.17) is 9.47 Å². The number of carbonyl (C=O) groups excluding carboxylic acids is 2. The molecule has 7 nitrogen and oxygen atoms in total. The lowest BCUT2D eigenvalue weighted by molar-refractivity contribution is -0.384. The zero-order valence-electron chi connectivity index (χ0n) is 13.6. The van der Waals surface area contributed by atoms with Crippen molar-refractivity contribution in [2.24, 2.45) is 0 Å². The lowest BCUT2D eigenvalue weighted by atomic mass is 10.1. The molecule has 0 radical (unpaired) electrons. The summed E-state index contributed by atoms with van der Waals surface area (Å²) in [5.74, 6) is -1.10. The number of rotatable bonds is 7. The summed E-state index contributed by atoms with van der Waals surface area (Å²) >= 11 is 1.55. The monoisotopic (exact) mass is 361 g/mol. The number of esters is 1. The third-order valence-electron chi connectivity index (χ3n) is 3.36. The van der Waals surface area contributed by atoms with E-state index in [1.54, 1.807) is 36.0 Å². The van der Waals surface area contributed by atoms with Crippen molar-refractivity contribution in [1.82, 2.24) is 0 Å². The fraction of sp³-hybridized carbons (Fsp3) is 0.176. The third-order valence-corrected chi connectivity index (χ3v) is 4.10. The highest BCUT2D eigenvalue weighted by Crippen LogP contribution is 2.24. The number of thioether (sulfide) groups is 1. The van der Waals surface area contributed by atoms with E-state index >= 15 is 0 Å². The Morgan fingerprint density at radius 1 is 1.16 bits per heavy atom. The maximum Gasteiger partial charge on any atom is 0.342 e. The number of hydrogen-bond acceptors (Lipinski definition) is 7. The van der Waals surface area contributed by atoms with Crippen LogP contribution in [0.4, 0.5) is 5.69 Å². The number of benzene rings is 2. The largest absolute Gasteiger partial charge is 0.496 e. The molecule has 0 saturated carbocycles. The van der Waals surface area contributed by atoms with Crippen LogP contribution in [0.15, 0.2) is 47.4 Å². The van der Waals surface area contributed by atoms with E-state index in [9.17, 15) is 19.7 Å². The molecular weight excluding hydrogens is 346 g/mol. The highest BCUT2D eigenvalue weighted by Gasteiger charge is 2.20. The summed E-state index contributed by atoms with van der Waals surface area (Å²) in [6.07, 6.45) is 1.92. The topological polar surface area (TPSA) is 95.7 Å². The number of Topliss-reactive ketones (excluding diaryl/α,β-unsaturated/α-hetero) is 1. The van der Waals surface area contributed by atoms with Crippen LogP contribution in [0, 0.1) is 10.1 Å². The molecule has 0 bridgehead atoms. The average molecular weight is 361 g/mol. The summed E-state index contributed by atoms with van der Waals surface area (Å²) in [6, 6.07) is 10.5. The molecule has 0 saturated heterocycles. The molecule has 2 aromatic rings. The number of nitro benzene ring substituents is 1. The van der Waals surface area contributed by atoms with Gasteiger partial charge in [0.25, 0.3) is 5.69 Å². The molecular formula is C17H15NO6S. The molecule has 0 spiro atoms. The van der Waals surface area contributed by atoms with Gasteiger partial charge >= 0.3 is 5.97 Å². The smallest absolute Gasteiger partial charge is 0.342 e. The van der Waals surface area contributed by atoms with Gasteiger partial charge in [0.1, 0.15) is 11.3 Å². The van der Waals surface area contributed by atoms with Gasteiger partial charge in [0.05, 0.1) is 12.0 Å². The minimum Gasteiger partial charge on any atom is -0.496 e. The Bertz CT molecular complexity index is 803. The van der Waals surface area contributed by atoms with Gasteiger partial charge in [-0.1, -0.05) is 12.1 Å². The van der Waals surface area contributed by atoms with E-state index in [0.29, 0.717) is 5.56 Å². The molecule has 0 unspecified atom stereocenters. The SMILES string of the molecule is COc1ccc([N+](=O)[O-])cc1C(=O)OCC(=O)c1ccc(SC)cc1. The van der Waals surface area contributed by atoms with Crippen molar-refractivity contribution in [1.29, 1.82) is 0 Å². The average Bonchev–Trinajstić information content (AvgIpc) is 2.65. The molecule has 0 aliphatic heterocycles. The van der Waals surface area contributed by atoms with Crippen molar-refractivity contribution in [3.8, 4) is 5.75 Å². The summed E-state index contributed by atoms with van der Waals surface area (Å²) < 4.78 is 9.99. The second-order valence-corrected chi connectivity index (χ2v) is 5.75. The number of methoxy groups -OCH3 is 1. The number of non-ortho nitro benzene ring substituents is 1. The molecule has 8 heteroatoms. The fourth-order valence-corrected chi connectivity index (χ4v) is 2.45. The number of hydrogen-bond donors (Lipinski definition) is 0. The third kappa shape index (κ3) is 4.57. The van der Waals surface area contributed by atoms with Gasteiger partial charge < -0.3 is 9.47 Å². The summed E-state index contributed by atoms with van der Waals surface area (Å²) in [4.78, 5) is 35.5. The van der Waals surface area contributed by atoms with Crippen LogP contribution in [0.25, 0.3) is 0 Å². The first-order chi connectivity index (χ1) is 12.0. The number of ketones is 1. The molecule has 0 fully saturated rings.